The van der Waals surface area contributed by atoms with E-state index in [0.717, 1.165) is 49.4 Å². The fourth-order valence-corrected chi connectivity index (χ4v) is 3.30. The summed E-state index contributed by atoms with van der Waals surface area (Å²) in [5, 5.41) is 9.21. The predicted octanol–water partition coefficient (Wildman–Crippen LogP) is 3.95. The van der Waals surface area contributed by atoms with Crippen LogP contribution in [0.3, 0.4) is 0 Å². The number of aliphatic carboxylic acids is 1. The number of benzene rings is 1. The molecule has 1 fully saturated rings. The Morgan fingerprint density at radius 2 is 2.12 bits per heavy atom. The van der Waals surface area contributed by atoms with Crippen LogP contribution >= 0.6 is 0 Å². The van der Waals surface area contributed by atoms with Crippen molar-refractivity contribution in [2.45, 2.75) is 52.0 Å². The quantitative estimate of drug-likeness (QED) is 0.648. The lowest BCUT2D eigenvalue weighted by Crippen LogP contribution is -2.38. The molecule has 1 aromatic carbocycles. The summed E-state index contributed by atoms with van der Waals surface area (Å²) < 4.78 is 11.3. The van der Waals surface area contributed by atoms with Crippen molar-refractivity contribution in [2.75, 3.05) is 26.8 Å². The molecule has 1 saturated heterocycles. The third-order valence-electron chi connectivity index (χ3n) is 4.74. The Kier molecular flexibility index (Phi) is 8.06. The van der Waals surface area contributed by atoms with Gasteiger partial charge in [-0.3, -0.25) is 9.69 Å². The summed E-state index contributed by atoms with van der Waals surface area (Å²) in [6.45, 7) is 5.22. The van der Waals surface area contributed by atoms with Crippen LogP contribution in [-0.4, -0.2) is 42.8 Å². The molecule has 140 valence electrons. The topological polar surface area (TPSA) is 59.0 Å². The number of ether oxygens (including phenoxy) is 2. The van der Waals surface area contributed by atoms with Gasteiger partial charge in [-0.2, -0.15) is 0 Å². The van der Waals surface area contributed by atoms with Gasteiger partial charge in [0.15, 0.2) is 11.5 Å². The van der Waals surface area contributed by atoms with Crippen molar-refractivity contribution in [2.24, 2.45) is 5.92 Å². The molecule has 2 rings (SSSR count). The second-order valence-electron chi connectivity index (χ2n) is 6.81. The fraction of sp³-hybridized carbons (Fsp3) is 0.650. The molecule has 1 aliphatic heterocycles. The van der Waals surface area contributed by atoms with Crippen LogP contribution in [0.5, 0.6) is 11.5 Å². The zero-order chi connectivity index (χ0) is 18.1. The summed E-state index contributed by atoms with van der Waals surface area (Å²) in [6, 6.07) is 6.02. The molecule has 0 aliphatic carbocycles. The molecule has 0 amide bonds. The fourth-order valence-electron chi connectivity index (χ4n) is 3.30. The smallest absolute Gasteiger partial charge is 0.307 e. The molecule has 0 bridgehead atoms. The van der Waals surface area contributed by atoms with E-state index in [1.807, 2.05) is 18.2 Å². The number of carboxylic acid groups (broad SMARTS) is 1. The van der Waals surface area contributed by atoms with Crippen molar-refractivity contribution < 1.29 is 19.4 Å². The largest absolute Gasteiger partial charge is 0.493 e. The summed E-state index contributed by atoms with van der Waals surface area (Å²) >= 11 is 0. The second-order valence-corrected chi connectivity index (χ2v) is 6.81. The minimum absolute atomic E-state index is 0.249. The van der Waals surface area contributed by atoms with Gasteiger partial charge in [-0.05, 0) is 43.5 Å². The van der Waals surface area contributed by atoms with Crippen molar-refractivity contribution in [3.63, 3.8) is 0 Å². The van der Waals surface area contributed by atoms with E-state index in [2.05, 4.69) is 11.8 Å². The highest BCUT2D eigenvalue weighted by Gasteiger charge is 2.25. The Balaban J connectivity index is 1.90. The molecule has 5 nitrogen and oxygen atoms in total. The van der Waals surface area contributed by atoms with E-state index >= 15 is 0 Å². The van der Waals surface area contributed by atoms with Gasteiger partial charge in [0.05, 0.1) is 19.6 Å². The first-order valence-corrected chi connectivity index (χ1v) is 9.39. The Bertz CT molecular complexity index is 546. The molecule has 1 unspecified atom stereocenters. The van der Waals surface area contributed by atoms with E-state index in [0.29, 0.717) is 13.2 Å². The van der Waals surface area contributed by atoms with Crippen molar-refractivity contribution in [3.8, 4) is 11.5 Å². The number of carbonyl (C=O) groups is 1. The average Bonchev–Trinajstić information content (AvgIpc) is 2.62. The van der Waals surface area contributed by atoms with Gasteiger partial charge in [-0.15, -0.1) is 0 Å². The van der Waals surface area contributed by atoms with E-state index in [1.54, 1.807) is 7.11 Å². The maximum atomic E-state index is 11.2. The van der Waals surface area contributed by atoms with Crippen LogP contribution in [0.1, 0.15) is 51.0 Å². The summed E-state index contributed by atoms with van der Waals surface area (Å²) in [6.07, 6.45) is 6.43. The normalized spacial score (nSPS) is 18.1. The lowest BCUT2D eigenvalue weighted by molar-refractivity contribution is -0.143. The maximum Gasteiger partial charge on any atom is 0.307 e. The zero-order valence-corrected chi connectivity index (χ0v) is 15.5. The van der Waals surface area contributed by atoms with Gasteiger partial charge in [0.2, 0.25) is 0 Å². The number of nitrogens with zero attached hydrogens (tertiary/aromatic N) is 1. The van der Waals surface area contributed by atoms with E-state index in [9.17, 15) is 9.90 Å². The van der Waals surface area contributed by atoms with Crippen molar-refractivity contribution in [1.82, 2.24) is 4.90 Å². The summed E-state index contributed by atoms with van der Waals surface area (Å²) in [4.78, 5) is 13.4. The molecule has 1 atom stereocenters. The Labute approximate surface area is 150 Å². The third-order valence-corrected chi connectivity index (χ3v) is 4.74. The van der Waals surface area contributed by atoms with Crippen molar-refractivity contribution in [3.05, 3.63) is 23.8 Å². The van der Waals surface area contributed by atoms with Crippen LogP contribution in [0.25, 0.3) is 0 Å². The second kappa shape index (κ2) is 10.3. The molecule has 0 saturated carbocycles. The number of likely N-dealkylation sites (tertiary alicyclic amines) is 1. The molecule has 0 aromatic heterocycles. The molecule has 1 heterocycles. The molecular formula is C20H31NO4. The molecule has 1 aromatic rings. The van der Waals surface area contributed by atoms with Gasteiger partial charge < -0.3 is 14.6 Å². The van der Waals surface area contributed by atoms with Crippen molar-refractivity contribution in [1.29, 1.82) is 0 Å². The lowest BCUT2D eigenvalue weighted by atomic mass is 9.98. The maximum absolute atomic E-state index is 11.2. The number of methoxy groups -OCH3 is 1. The number of unbranched alkanes of at least 4 members (excludes halogenated alkanes) is 3. The van der Waals surface area contributed by atoms with E-state index in [4.69, 9.17) is 9.47 Å². The third kappa shape index (κ3) is 6.24. The van der Waals surface area contributed by atoms with Crippen LogP contribution in [-0.2, 0) is 11.3 Å². The van der Waals surface area contributed by atoms with Gasteiger partial charge in [-0.25, -0.2) is 0 Å². The highest BCUT2D eigenvalue weighted by Crippen LogP contribution is 2.29. The van der Waals surface area contributed by atoms with Gasteiger partial charge in [0.25, 0.3) is 0 Å². The van der Waals surface area contributed by atoms with Crippen LogP contribution in [0.15, 0.2) is 18.2 Å². The zero-order valence-electron chi connectivity index (χ0n) is 15.5. The first-order chi connectivity index (χ1) is 12.1. The monoisotopic (exact) mass is 349 g/mol. The number of hydrogen-bond donors (Lipinski definition) is 1. The standard InChI is InChI=1S/C20H31NO4/c1-3-4-5-6-12-25-18-10-9-16(13-19(18)24-2)14-21-11-7-8-17(15-21)20(22)23/h9-10,13,17H,3-8,11-12,14-15H2,1-2H3,(H,22,23). The minimum atomic E-state index is -0.686. The van der Waals surface area contributed by atoms with Crippen molar-refractivity contribution >= 4 is 5.97 Å². The molecular weight excluding hydrogens is 318 g/mol. The molecule has 5 heteroatoms. The Hall–Kier alpha value is -1.75. The molecule has 25 heavy (non-hydrogen) atoms. The molecule has 0 radical (unpaired) electrons. The SMILES string of the molecule is CCCCCCOc1ccc(CN2CCCC(C(=O)O)C2)cc1OC. The van der Waals surface area contributed by atoms with E-state index in [1.165, 1.54) is 19.3 Å². The van der Waals surface area contributed by atoms with Crippen LogP contribution in [0, 0.1) is 5.92 Å². The average molecular weight is 349 g/mol. The minimum Gasteiger partial charge on any atom is -0.493 e. The first-order valence-electron chi connectivity index (χ1n) is 9.39. The Morgan fingerprint density at radius 3 is 2.84 bits per heavy atom. The van der Waals surface area contributed by atoms with Crippen LogP contribution in [0.4, 0.5) is 0 Å². The van der Waals surface area contributed by atoms with Gasteiger partial charge in [0, 0.05) is 13.1 Å². The van der Waals surface area contributed by atoms with Crippen LogP contribution < -0.4 is 9.47 Å². The van der Waals surface area contributed by atoms with E-state index < -0.39 is 5.97 Å². The molecule has 0 spiro atoms. The first kappa shape index (κ1) is 19.6. The highest BCUT2D eigenvalue weighted by molar-refractivity contribution is 5.70. The van der Waals surface area contributed by atoms with Gasteiger partial charge in [-0.1, -0.05) is 32.3 Å². The summed E-state index contributed by atoms with van der Waals surface area (Å²) in [7, 11) is 1.66. The van der Waals surface area contributed by atoms with Crippen LogP contribution in [0.2, 0.25) is 0 Å². The number of hydrogen-bond acceptors (Lipinski definition) is 4. The molecule has 1 N–H and O–H groups in total. The van der Waals surface area contributed by atoms with Gasteiger partial charge in [0.1, 0.15) is 0 Å². The lowest BCUT2D eigenvalue weighted by Gasteiger charge is -2.30. The summed E-state index contributed by atoms with van der Waals surface area (Å²) in [5.41, 5.74) is 1.13. The Morgan fingerprint density at radius 1 is 1.28 bits per heavy atom. The molecule has 1 aliphatic rings. The number of piperidine rings is 1. The highest BCUT2D eigenvalue weighted by atomic mass is 16.5. The number of rotatable bonds is 10. The van der Waals surface area contributed by atoms with E-state index in [-0.39, 0.29) is 5.92 Å². The summed E-state index contributed by atoms with van der Waals surface area (Å²) in [5.74, 6) is 0.597. The number of carboxylic acids is 1. The predicted molar refractivity (Wildman–Crippen MR) is 98.3 cm³/mol. The van der Waals surface area contributed by atoms with Gasteiger partial charge >= 0.3 is 5.97 Å².